The molecule has 1 amide bonds. The Morgan fingerprint density at radius 2 is 1.83 bits per heavy atom. The molecule has 0 unspecified atom stereocenters. The van der Waals surface area contributed by atoms with E-state index in [4.69, 9.17) is 4.74 Å². The third-order valence-electron chi connectivity index (χ3n) is 4.54. The molecule has 23 heavy (non-hydrogen) atoms. The summed E-state index contributed by atoms with van der Waals surface area (Å²) in [5.74, 6) is 0.382. The Morgan fingerprint density at radius 1 is 1.17 bits per heavy atom. The molecule has 120 valence electrons. The fourth-order valence-electron chi connectivity index (χ4n) is 2.88. The summed E-state index contributed by atoms with van der Waals surface area (Å²) in [6.45, 7) is 0.458. The molecular formula is C19H21NO3. The van der Waals surface area contributed by atoms with Gasteiger partial charge in [-0.1, -0.05) is 42.5 Å². The second kappa shape index (κ2) is 6.42. The zero-order valence-electron chi connectivity index (χ0n) is 13.2. The molecule has 1 aliphatic rings. The van der Waals surface area contributed by atoms with E-state index in [0.717, 1.165) is 18.4 Å². The molecular weight excluding hydrogens is 290 g/mol. The van der Waals surface area contributed by atoms with Crippen LogP contribution in [0.4, 0.5) is 0 Å². The first-order valence-electron chi connectivity index (χ1n) is 7.80. The number of carbonyl (C=O) groups excluding carboxylic acids is 1. The molecule has 4 heteroatoms. The Balaban J connectivity index is 1.67. The third kappa shape index (κ3) is 3.22. The van der Waals surface area contributed by atoms with Gasteiger partial charge in [0.25, 0.3) is 5.91 Å². The van der Waals surface area contributed by atoms with Crippen molar-refractivity contribution >= 4 is 5.91 Å². The van der Waals surface area contributed by atoms with Crippen LogP contribution in [0.1, 0.15) is 34.9 Å². The van der Waals surface area contributed by atoms with E-state index >= 15 is 0 Å². The summed E-state index contributed by atoms with van der Waals surface area (Å²) in [5.41, 5.74) is 1.16. The van der Waals surface area contributed by atoms with Crippen LogP contribution >= 0.6 is 0 Å². The molecule has 1 fully saturated rings. The standard InChI is InChI=1S/C19H21NO3/c1-23-16-10-6-5-9-15(16)18(22)20-13-19(11-12-19)17(21)14-7-3-2-4-8-14/h2-10,17,21H,11-13H2,1H3,(H,20,22)/t17-/m0/s1. The van der Waals surface area contributed by atoms with Gasteiger partial charge in [-0.15, -0.1) is 0 Å². The van der Waals surface area contributed by atoms with Crippen LogP contribution in [-0.2, 0) is 0 Å². The van der Waals surface area contributed by atoms with Crippen molar-refractivity contribution in [3.63, 3.8) is 0 Å². The van der Waals surface area contributed by atoms with Gasteiger partial charge in [0.2, 0.25) is 0 Å². The number of benzene rings is 2. The normalized spacial score (nSPS) is 16.4. The van der Waals surface area contributed by atoms with Crippen LogP contribution in [0.25, 0.3) is 0 Å². The van der Waals surface area contributed by atoms with Crippen molar-refractivity contribution in [2.45, 2.75) is 18.9 Å². The summed E-state index contributed by atoms with van der Waals surface area (Å²) in [6, 6.07) is 16.8. The molecule has 0 aromatic heterocycles. The first-order chi connectivity index (χ1) is 11.2. The summed E-state index contributed by atoms with van der Waals surface area (Å²) < 4.78 is 5.22. The first kappa shape index (κ1) is 15.6. The van der Waals surface area contributed by atoms with Crippen LogP contribution in [-0.4, -0.2) is 24.7 Å². The number of ether oxygens (including phenoxy) is 1. The van der Waals surface area contributed by atoms with Crippen molar-refractivity contribution in [1.82, 2.24) is 5.32 Å². The van der Waals surface area contributed by atoms with Crippen molar-refractivity contribution < 1.29 is 14.6 Å². The van der Waals surface area contributed by atoms with Gasteiger partial charge in [0.15, 0.2) is 0 Å². The minimum absolute atomic E-state index is 0.172. The van der Waals surface area contributed by atoms with Gasteiger partial charge in [-0.3, -0.25) is 4.79 Å². The van der Waals surface area contributed by atoms with Gasteiger partial charge in [-0.2, -0.15) is 0 Å². The zero-order valence-corrected chi connectivity index (χ0v) is 13.2. The maximum atomic E-state index is 12.4. The smallest absolute Gasteiger partial charge is 0.255 e. The molecule has 1 atom stereocenters. The van der Waals surface area contributed by atoms with Gasteiger partial charge < -0.3 is 15.2 Å². The lowest BCUT2D eigenvalue weighted by molar-refractivity contribution is 0.0806. The highest BCUT2D eigenvalue weighted by molar-refractivity contribution is 5.96. The lowest BCUT2D eigenvalue weighted by atomic mass is 9.92. The zero-order chi connectivity index (χ0) is 16.3. The van der Waals surface area contributed by atoms with Crippen molar-refractivity contribution in [3.05, 3.63) is 65.7 Å². The minimum atomic E-state index is -0.554. The van der Waals surface area contributed by atoms with Gasteiger partial charge in [0.1, 0.15) is 5.75 Å². The maximum Gasteiger partial charge on any atom is 0.255 e. The minimum Gasteiger partial charge on any atom is -0.496 e. The second-order valence-electron chi connectivity index (χ2n) is 6.06. The molecule has 4 nitrogen and oxygen atoms in total. The van der Waals surface area contributed by atoms with Crippen molar-refractivity contribution in [1.29, 1.82) is 0 Å². The molecule has 2 N–H and O–H groups in total. The summed E-state index contributed by atoms with van der Waals surface area (Å²) in [7, 11) is 1.55. The lowest BCUT2D eigenvalue weighted by Gasteiger charge is -2.23. The highest BCUT2D eigenvalue weighted by Crippen LogP contribution is 2.54. The number of aliphatic hydroxyl groups excluding tert-OH is 1. The topological polar surface area (TPSA) is 58.6 Å². The van der Waals surface area contributed by atoms with E-state index in [1.54, 1.807) is 19.2 Å². The van der Waals surface area contributed by atoms with Gasteiger partial charge in [-0.05, 0) is 30.5 Å². The van der Waals surface area contributed by atoms with Crippen LogP contribution < -0.4 is 10.1 Å². The van der Waals surface area contributed by atoms with Crippen LogP contribution in [0.5, 0.6) is 5.75 Å². The third-order valence-corrected chi connectivity index (χ3v) is 4.54. The predicted octanol–water partition coefficient (Wildman–Crippen LogP) is 2.94. The monoisotopic (exact) mass is 311 g/mol. The van der Waals surface area contributed by atoms with E-state index < -0.39 is 6.10 Å². The molecule has 0 aliphatic heterocycles. The Kier molecular flexibility index (Phi) is 4.35. The SMILES string of the molecule is COc1ccccc1C(=O)NCC1([C@@H](O)c2ccccc2)CC1. The average molecular weight is 311 g/mol. The van der Waals surface area contributed by atoms with Gasteiger partial charge in [0, 0.05) is 12.0 Å². The quantitative estimate of drug-likeness (QED) is 0.862. The molecule has 0 bridgehead atoms. The number of amides is 1. The Bertz CT molecular complexity index is 680. The molecule has 2 aromatic carbocycles. The summed E-state index contributed by atoms with van der Waals surface area (Å²) in [6.07, 6.45) is 1.27. The number of nitrogens with one attached hydrogen (secondary N) is 1. The number of methoxy groups -OCH3 is 1. The van der Waals surface area contributed by atoms with Gasteiger partial charge >= 0.3 is 0 Å². The average Bonchev–Trinajstić information content (AvgIpc) is 3.41. The van der Waals surface area contributed by atoms with Crippen molar-refractivity contribution in [2.75, 3.05) is 13.7 Å². The predicted molar refractivity (Wildman–Crippen MR) is 88.4 cm³/mol. The van der Waals surface area contributed by atoms with Crippen LogP contribution in [0.3, 0.4) is 0 Å². The van der Waals surface area contributed by atoms with Crippen molar-refractivity contribution in [3.8, 4) is 5.75 Å². The summed E-state index contributed by atoms with van der Waals surface area (Å²) in [5, 5.41) is 13.6. The largest absolute Gasteiger partial charge is 0.496 e. The highest BCUT2D eigenvalue weighted by atomic mass is 16.5. The van der Waals surface area contributed by atoms with Crippen LogP contribution in [0.2, 0.25) is 0 Å². The van der Waals surface area contributed by atoms with E-state index in [1.165, 1.54) is 0 Å². The Morgan fingerprint density at radius 3 is 2.48 bits per heavy atom. The number of aliphatic hydroxyl groups is 1. The fourth-order valence-corrected chi connectivity index (χ4v) is 2.88. The van der Waals surface area contributed by atoms with E-state index in [0.29, 0.717) is 17.9 Å². The van der Waals surface area contributed by atoms with Crippen LogP contribution in [0, 0.1) is 5.41 Å². The molecule has 0 radical (unpaired) electrons. The highest BCUT2D eigenvalue weighted by Gasteiger charge is 2.49. The van der Waals surface area contributed by atoms with Crippen LogP contribution in [0.15, 0.2) is 54.6 Å². The molecule has 0 saturated heterocycles. The van der Waals surface area contributed by atoms with E-state index in [-0.39, 0.29) is 11.3 Å². The lowest BCUT2D eigenvalue weighted by Crippen LogP contribution is -2.33. The Labute approximate surface area is 136 Å². The Hall–Kier alpha value is -2.33. The molecule has 2 aromatic rings. The van der Waals surface area contributed by atoms with E-state index in [1.807, 2.05) is 42.5 Å². The maximum absolute atomic E-state index is 12.4. The molecule has 1 saturated carbocycles. The van der Waals surface area contributed by atoms with Gasteiger partial charge in [-0.25, -0.2) is 0 Å². The first-order valence-corrected chi connectivity index (χ1v) is 7.80. The fraction of sp³-hybridized carbons (Fsp3) is 0.316. The number of rotatable bonds is 6. The second-order valence-corrected chi connectivity index (χ2v) is 6.06. The van der Waals surface area contributed by atoms with E-state index in [2.05, 4.69) is 5.32 Å². The van der Waals surface area contributed by atoms with Gasteiger partial charge in [0.05, 0.1) is 18.8 Å². The molecule has 0 heterocycles. The number of hydrogen-bond acceptors (Lipinski definition) is 3. The molecule has 3 rings (SSSR count). The summed E-state index contributed by atoms with van der Waals surface area (Å²) in [4.78, 5) is 12.4. The molecule has 1 aliphatic carbocycles. The van der Waals surface area contributed by atoms with Crippen molar-refractivity contribution in [2.24, 2.45) is 5.41 Å². The molecule has 0 spiro atoms. The number of hydrogen-bond donors (Lipinski definition) is 2. The van der Waals surface area contributed by atoms with E-state index in [9.17, 15) is 9.90 Å². The number of carbonyl (C=O) groups is 1. The summed E-state index contributed by atoms with van der Waals surface area (Å²) >= 11 is 0. The number of para-hydroxylation sites is 1.